The molecule has 6 heteroatoms. The molecule has 1 amide bonds. The number of fused-ring (bicyclic) bond motifs is 3. The van der Waals surface area contributed by atoms with Crippen LogP contribution in [0.1, 0.15) is 16.7 Å². The van der Waals surface area contributed by atoms with Crippen LogP contribution in [0, 0.1) is 0 Å². The van der Waals surface area contributed by atoms with Gasteiger partial charge in [-0.05, 0) is 53.9 Å². The lowest BCUT2D eigenvalue weighted by atomic mass is 9.87. The number of oxime groups is 1. The molecule has 2 aromatic rings. The summed E-state index contributed by atoms with van der Waals surface area (Å²) in [6.45, 7) is 1.73. The van der Waals surface area contributed by atoms with Crippen molar-refractivity contribution in [3.8, 4) is 11.1 Å². The average Bonchev–Trinajstić information content (AvgIpc) is 2.90. The van der Waals surface area contributed by atoms with Crippen LogP contribution in [0.4, 0.5) is 5.69 Å². The number of hydrogen-bond donors (Lipinski definition) is 2. The number of nitrogens with zero attached hydrogens (tertiary/aromatic N) is 3. The molecule has 0 atom stereocenters. The van der Waals surface area contributed by atoms with Gasteiger partial charge in [0.2, 0.25) is 0 Å². The summed E-state index contributed by atoms with van der Waals surface area (Å²) in [5.74, 6) is -0.357. The molecule has 0 fully saturated rings. The lowest BCUT2D eigenvalue weighted by Gasteiger charge is -2.29. The average molecular weight is 308 g/mol. The van der Waals surface area contributed by atoms with Crippen molar-refractivity contribution in [1.29, 1.82) is 0 Å². The molecular weight excluding hydrogens is 292 g/mol. The third-order valence-electron chi connectivity index (χ3n) is 4.52. The predicted octanol–water partition coefficient (Wildman–Crippen LogP) is 1.87. The molecule has 0 saturated heterocycles. The molecule has 2 aliphatic heterocycles. The van der Waals surface area contributed by atoms with E-state index in [1.807, 2.05) is 18.2 Å². The Kier molecular flexibility index (Phi) is 3.12. The second-order valence-corrected chi connectivity index (χ2v) is 5.93. The van der Waals surface area contributed by atoms with Crippen LogP contribution in [0.15, 0.2) is 35.7 Å². The lowest BCUT2D eigenvalue weighted by Crippen LogP contribution is -2.27. The Hall–Kier alpha value is -2.73. The van der Waals surface area contributed by atoms with E-state index in [0.717, 1.165) is 41.9 Å². The molecule has 1 aromatic carbocycles. The maximum absolute atomic E-state index is 12.1. The highest BCUT2D eigenvalue weighted by Crippen LogP contribution is 2.39. The van der Waals surface area contributed by atoms with Crippen molar-refractivity contribution < 1.29 is 10.0 Å². The van der Waals surface area contributed by atoms with Crippen molar-refractivity contribution in [3.05, 3.63) is 47.3 Å². The van der Waals surface area contributed by atoms with Gasteiger partial charge < -0.3 is 15.4 Å². The molecule has 0 saturated carbocycles. The number of likely N-dealkylation sites (N-methyl/N-ethyl adjacent to an activating group) is 1. The summed E-state index contributed by atoms with van der Waals surface area (Å²) in [5.41, 5.74) is 6.00. The number of pyridine rings is 1. The van der Waals surface area contributed by atoms with Crippen molar-refractivity contribution in [1.82, 2.24) is 9.88 Å². The fraction of sp³-hybridized carbons (Fsp3) is 0.235. The number of hydrogen-bond acceptors (Lipinski definition) is 5. The van der Waals surface area contributed by atoms with E-state index in [1.165, 1.54) is 5.56 Å². The van der Waals surface area contributed by atoms with Gasteiger partial charge in [-0.25, -0.2) is 0 Å². The molecule has 116 valence electrons. The molecule has 23 heavy (non-hydrogen) atoms. The predicted molar refractivity (Wildman–Crippen MR) is 86.7 cm³/mol. The number of amides is 1. The van der Waals surface area contributed by atoms with Crippen LogP contribution in [-0.4, -0.2) is 40.3 Å². The molecule has 0 spiro atoms. The van der Waals surface area contributed by atoms with Gasteiger partial charge in [-0.2, -0.15) is 0 Å². The Labute approximate surface area is 133 Å². The summed E-state index contributed by atoms with van der Waals surface area (Å²) in [6, 6.07) is 5.86. The standard InChI is InChI=1S/C17H16N4O2/c1-21-7-4-11-12(10-2-5-18-6-3-10)8-13-15(14(11)9-21)19-17(22)16(13)20-23/h2-3,5-6,8,23H,4,7,9H2,1H3,(H,19,20,22). The van der Waals surface area contributed by atoms with E-state index >= 15 is 0 Å². The molecular formula is C17H16N4O2. The highest BCUT2D eigenvalue weighted by Gasteiger charge is 2.33. The van der Waals surface area contributed by atoms with E-state index in [2.05, 4.69) is 27.4 Å². The third-order valence-corrected chi connectivity index (χ3v) is 4.52. The van der Waals surface area contributed by atoms with E-state index in [0.29, 0.717) is 5.56 Å². The van der Waals surface area contributed by atoms with Crippen LogP contribution in [0.5, 0.6) is 0 Å². The van der Waals surface area contributed by atoms with Gasteiger partial charge in [0.15, 0.2) is 5.71 Å². The van der Waals surface area contributed by atoms with Crippen LogP contribution >= 0.6 is 0 Å². The van der Waals surface area contributed by atoms with Gasteiger partial charge in [-0.3, -0.25) is 9.78 Å². The van der Waals surface area contributed by atoms with Crippen molar-refractivity contribution in [2.45, 2.75) is 13.0 Å². The van der Waals surface area contributed by atoms with Gasteiger partial charge in [0.25, 0.3) is 5.91 Å². The topological polar surface area (TPSA) is 77.8 Å². The lowest BCUT2D eigenvalue weighted by molar-refractivity contribution is -0.110. The summed E-state index contributed by atoms with van der Waals surface area (Å²) >= 11 is 0. The third kappa shape index (κ3) is 2.10. The molecule has 2 N–H and O–H groups in total. The number of benzene rings is 1. The first-order valence-electron chi connectivity index (χ1n) is 7.50. The molecule has 2 aliphatic rings. The van der Waals surface area contributed by atoms with Gasteiger partial charge in [-0.1, -0.05) is 5.16 Å². The van der Waals surface area contributed by atoms with E-state index in [1.54, 1.807) is 12.4 Å². The highest BCUT2D eigenvalue weighted by atomic mass is 16.4. The first kappa shape index (κ1) is 13.9. The number of carbonyl (C=O) groups excluding carboxylic acids is 1. The SMILES string of the molecule is CN1CCc2c(-c3ccncc3)cc3c(c2C1)NC(=O)/C3=N/O. The van der Waals surface area contributed by atoms with E-state index in [9.17, 15) is 10.0 Å². The summed E-state index contributed by atoms with van der Waals surface area (Å²) in [7, 11) is 2.06. The highest BCUT2D eigenvalue weighted by molar-refractivity contribution is 6.54. The second kappa shape index (κ2) is 5.17. The molecule has 4 rings (SSSR count). The normalized spacial score (nSPS) is 18.7. The van der Waals surface area contributed by atoms with Crippen molar-refractivity contribution in [2.75, 3.05) is 18.9 Å². The van der Waals surface area contributed by atoms with Crippen LogP contribution in [-0.2, 0) is 17.8 Å². The minimum Gasteiger partial charge on any atom is -0.410 e. The maximum Gasteiger partial charge on any atom is 0.278 e. The minimum atomic E-state index is -0.357. The largest absolute Gasteiger partial charge is 0.410 e. The molecule has 3 heterocycles. The van der Waals surface area contributed by atoms with Crippen molar-refractivity contribution in [2.24, 2.45) is 5.16 Å². The van der Waals surface area contributed by atoms with Crippen molar-refractivity contribution in [3.63, 3.8) is 0 Å². The van der Waals surface area contributed by atoms with Gasteiger partial charge in [0.05, 0.1) is 5.69 Å². The van der Waals surface area contributed by atoms with Crippen LogP contribution in [0.2, 0.25) is 0 Å². The molecule has 0 unspecified atom stereocenters. The molecule has 0 radical (unpaired) electrons. The number of rotatable bonds is 1. The molecule has 0 bridgehead atoms. The van der Waals surface area contributed by atoms with Crippen LogP contribution in [0.3, 0.4) is 0 Å². The Bertz CT molecular complexity index is 830. The monoisotopic (exact) mass is 308 g/mol. The van der Waals surface area contributed by atoms with Gasteiger partial charge in [-0.15, -0.1) is 0 Å². The smallest absolute Gasteiger partial charge is 0.278 e. The first-order chi connectivity index (χ1) is 11.2. The second-order valence-electron chi connectivity index (χ2n) is 5.93. The van der Waals surface area contributed by atoms with Crippen molar-refractivity contribution >= 4 is 17.3 Å². The van der Waals surface area contributed by atoms with E-state index in [-0.39, 0.29) is 11.6 Å². The fourth-order valence-corrected chi connectivity index (χ4v) is 3.40. The summed E-state index contributed by atoms with van der Waals surface area (Å²) < 4.78 is 0. The van der Waals surface area contributed by atoms with Crippen LogP contribution in [0.25, 0.3) is 11.1 Å². The van der Waals surface area contributed by atoms with E-state index in [4.69, 9.17) is 0 Å². The zero-order chi connectivity index (χ0) is 16.0. The van der Waals surface area contributed by atoms with E-state index < -0.39 is 0 Å². The zero-order valence-corrected chi connectivity index (χ0v) is 12.7. The zero-order valence-electron chi connectivity index (χ0n) is 12.7. The number of aromatic nitrogens is 1. The Morgan fingerprint density at radius 3 is 2.78 bits per heavy atom. The van der Waals surface area contributed by atoms with Gasteiger partial charge in [0.1, 0.15) is 0 Å². The Balaban J connectivity index is 2.00. The first-order valence-corrected chi connectivity index (χ1v) is 7.50. The summed E-state index contributed by atoms with van der Waals surface area (Å²) in [4.78, 5) is 18.3. The summed E-state index contributed by atoms with van der Waals surface area (Å²) in [5, 5.41) is 15.3. The molecule has 6 nitrogen and oxygen atoms in total. The minimum absolute atomic E-state index is 0.0753. The number of carbonyl (C=O) groups is 1. The summed E-state index contributed by atoms with van der Waals surface area (Å²) in [6.07, 6.45) is 4.43. The molecule has 1 aromatic heterocycles. The van der Waals surface area contributed by atoms with Crippen LogP contribution < -0.4 is 5.32 Å². The van der Waals surface area contributed by atoms with Gasteiger partial charge in [0, 0.05) is 31.0 Å². The number of nitrogens with one attached hydrogen (secondary N) is 1. The fourth-order valence-electron chi connectivity index (χ4n) is 3.40. The molecule has 0 aliphatic carbocycles. The van der Waals surface area contributed by atoms with Gasteiger partial charge >= 0.3 is 0 Å². The Morgan fingerprint density at radius 1 is 1.26 bits per heavy atom. The maximum atomic E-state index is 12.1. The number of anilines is 1. The Morgan fingerprint density at radius 2 is 2.04 bits per heavy atom. The quantitative estimate of drug-likeness (QED) is 0.623.